The monoisotopic (exact) mass is 257 g/mol. The Morgan fingerprint density at radius 2 is 1.93 bits per heavy atom. The number of amides is 1. The van der Waals surface area contributed by atoms with Gasteiger partial charge in [0.2, 0.25) is 0 Å². The molecule has 0 aliphatic heterocycles. The van der Waals surface area contributed by atoms with Crippen LogP contribution in [0.25, 0.3) is 0 Å². The molecule has 0 heterocycles. The largest absolute Gasteiger partial charge is 0.474 e. The molecule has 1 aromatic rings. The second kappa shape index (κ2) is 4.23. The number of carboxylic acids is 1. The second-order valence-corrected chi connectivity index (χ2v) is 3.48. The normalized spacial score (nSPS) is 9.57. The van der Waals surface area contributed by atoms with Crippen molar-refractivity contribution in [3.8, 4) is 0 Å². The molecule has 1 rings (SSSR count). The summed E-state index contributed by atoms with van der Waals surface area (Å²) in [5.74, 6) is -2.43. The van der Waals surface area contributed by atoms with Gasteiger partial charge in [-0.05, 0) is 28.1 Å². The Kier molecular flexibility index (Phi) is 3.24. The molecule has 0 fully saturated rings. The van der Waals surface area contributed by atoms with Crippen molar-refractivity contribution in [2.45, 2.75) is 0 Å². The van der Waals surface area contributed by atoms with Crippen LogP contribution in [0.1, 0.15) is 0 Å². The number of halogens is 1. The van der Waals surface area contributed by atoms with E-state index in [2.05, 4.69) is 15.9 Å². The van der Waals surface area contributed by atoms with E-state index in [1.54, 1.807) is 24.3 Å². The number of rotatable bonds is 1. The minimum Gasteiger partial charge on any atom is -0.474 e. The van der Waals surface area contributed by atoms with Gasteiger partial charge in [0.05, 0.1) is 5.69 Å². The first-order chi connectivity index (χ1) is 6.54. The molecular weight excluding hydrogens is 250 g/mol. The van der Waals surface area contributed by atoms with E-state index < -0.39 is 11.9 Å². The van der Waals surface area contributed by atoms with Gasteiger partial charge in [-0.3, -0.25) is 4.79 Å². The number of likely N-dealkylation sites (N-methyl/N-ethyl adjacent to an activating group) is 1. The van der Waals surface area contributed by atoms with Crippen LogP contribution in [0.15, 0.2) is 28.7 Å². The molecule has 1 aromatic carbocycles. The maximum atomic E-state index is 11.1. The van der Waals surface area contributed by atoms with Gasteiger partial charge >= 0.3 is 11.9 Å². The number of carboxylic acid groups (broad SMARTS) is 1. The van der Waals surface area contributed by atoms with E-state index in [4.69, 9.17) is 5.11 Å². The molecule has 1 N–H and O–H groups in total. The average molecular weight is 258 g/mol. The lowest BCUT2D eigenvalue weighted by molar-refractivity contribution is -0.148. The lowest BCUT2D eigenvalue weighted by atomic mass is 10.3. The first-order valence-corrected chi connectivity index (χ1v) is 4.59. The van der Waals surface area contributed by atoms with Crippen LogP contribution in [0, 0.1) is 0 Å². The maximum Gasteiger partial charge on any atom is 0.394 e. The summed E-state index contributed by atoms with van der Waals surface area (Å²) in [5, 5.41) is 8.50. The zero-order valence-corrected chi connectivity index (χ0v) is 8.98. The quantitative estimate of drug-likeness (QED) is 0.776. The number of carbonyl (C=O) groups is 2. The van der Waals surface area contributed by atoms with Gasteiger partial charge in [-0.25, -0.2) is 4.79 Å². The number of hydrogen-bond acceptors (Lipinski definition) is 2. The molecule has 0 saturated heterocycles. The van der Waals surface area contributed by atoms with Crippen molar-refractivity contribution in [3.05, 3.63) is 28.7 Å². The summed E-state index contributed by atoms with van der Waals surface area (Å²) in [6.45, 7) is 0. The number of aliphatic carboxylic acids is 1. The average Bonchev–Trinajstić information content (AvgIpc) is 2.16. The first kappa shape index (κ1) is 10.7. The van der Waals surface area contributed by atoms with Crippen LogP contribution in [0.2, 0.25) is 0 Å². The van der Waals surface area contributed by atoms with Crippen molar-refractivity contribution in [2.75, 3.05) is 11.9 Å². The van der Waals surface area contributed by atoms with Crippen molar-refractivity contribution in [3.63, 3.8) is 0 Å². The molecule has 0 saturated carbocycles. The number of carbonyl (C=O) groups excluding carboxylic acids is 1. The molecule has 0 aliphatic rings. The number of hydrogen-bond donors (Lipinski definition) is 1. The summed E-state index contributed by atoms with van der Waals surface area (Å²) in [6, 6.07) is 6.91. The molecule has 0 aromatic heterocycles. The molecule has 5 heteroatoms. The van der Waals surface area contributed by atoms with Crippen LogP contribution >= 0.6 is 15.9 Å². The lowest BCUT2D eigenvalue weighted by Gasteiger charge is -2.15. The highest BCUT2D eigenvalue weighted by molar-refractivity contribution is 9.10. The van der Waals surface area contributed by atoms with Gasteiger partial charge in [0, 0.05) is 11.5 Å². The van der Waals surface area contributed by atoms with E-state index in [1.807, 2.05) is 0 Å². The molecule has 0 aliphatic carbocycles. The Balaban J connectivity index is 3.01. The van der Waals surface area contributed by atoms with Gasteiger partial charge in [-0.1, -0.05) is 12.1 Å². The van der Waals surface area contributed by atoms with Crippen LogP contribution < -0.4 is 4.90 Å². The van der Waals surface area contributed by atoms with Gasteiger partial charge < -0.3 is 10.0 Å². The van der Waals surface area contributed by atoms with Crippen molar-refractivity contribution < 1.29 is 14.7 Å². The second-order valence-electron chi connectivity index (χ2n) is 2.62. The van der Waals surface area contributed by atoms with Crippen LogP contribution in [-0.4, -0.2) is 24.0 Å². The smallest absolute Gasteiger partial charge is 0.394 e. The Morgan fingerprint density at radius 3 is 2.43 bits per heavy atom. The minimum atomic E-state index is -1.47. The van der Waals surface area contributed by atoms with Crippen molar-refractivity contribution >= 4 is 33.5 Å². The number of nitrogens with zero attached hydrogens (tertiary/aromatic N) is 1. The van der Waals surface area contributed by atoms with E-state index in [9.17, 15) is 9.59 Å². The third-order valence-electron chi connectivity index (χ3n) is 1.70. The van der Waals surface area contributed by atoms with Crippen LogP contribution in [0.5, 0.6) is 0 Å². The van der Waals surface area contributed by atoms with Crippen LogP contribution in [-0.2, 0) is 9.59 Å². The van der Waals surface area contributed by atoms with Gasteiger partial charge in [-0.15, -0.1) is 0 Å². The Hall–Kier alpha value is -1.36. The summed E-state index contributed by atoms with van der Waals surface area (Å²) in [5.41, 5.74) is 0.528. The standard InChI is InChI=1S/C9H8BrNO3/c1-11(8(12)9(13)14)7-5-3-2-4-6(7)10/h2-5H,1H3,(H,13,14). The van der Waals surface area contributed by atoms with E-state index in [-0.39, 0.29) is 0 Å². The fourth-order valence-electron chi connectivity index (χ4n) is 0.977. The van der Waals surface area contributed by atoms with Gasteiger partial charge in [0.1, 0.15) is 0 Å². The van der Waals surface area contributed by atoms with Gasteiger partial charge in [0.15, 0.2) is 0 Å². The highest BCUT2D eigenvalue weighted by atomic mass is 79.9. The molecule has 14 heavy (non-hydrogen) atoms. The Bertz CT molecular complexity index is 378. The van der Waals surface area contributed by atoms with E-state index >= 15 is 0 Å². The molecule has 0 unspecified atom stereocenters. The number of para-hydroxylation sites is 1. The molecule has 0 bridgehead atoms. The highest BCUT2D eigenvalue weighted by Crippen LogP contribution is 2.24. The summed E-state index contributed by atoms with van der Waals surface area (Å²) in [7, 11) is 1.41. The highest BCUT2D eigenvalue weighted by Gasteiger charge is 2.19. The summed E-state index contributed by atoms with van der Waals surface area (Å²) in [6.07, 6.45) is 0. The zero-order valence-electron chi connectivity index (χ0n) is 7.40. The predicted octanol–water partition coefficient (Wildman–Crippen LogP) is 1.50. The molecule has 1 amide bonds. The van der Waals surface area contributed by atoms with Crippen molar-refractivity contribution in [2.24, 2.45) is 0 Å². The summed E-state index contributed by atoms with van der Waals surface area (Å²) in [4.78, 5) is 22.6. The topological polar surface area (TPSA) is 57.6 Å². The van der Waals surface area contributed by atoms with E-state index in [1.165, 1.54) is 7.05 Å². The zero-order chi connectivity index (χ0) is 10.7. The van der Waals surface area contributed by atoms with Gasteiger partial charge in [-0.2, -0.15) is 0 Å². The molecule has 74 valence electrons. The molecule has 0 spiro atoms. The SMILES string of the molecule is CN(C(=O)C(=O)O)c1ccccc1Br. The van der Waals surface area contributed by atoms with E-state index in [0.29, 0.717) is 10.2 Å². The first-order valence-electron chi connectivity index (χ1n) is 3.79. The Labute approximate surface area is 89.3 Å². The van der Waals surface area contributed by atoms with Crippen LogP contribution in [0.4, 0.5) is 5.69 Å². The summed E-state index contributed by atoms with van der Waals surface area (Å²) < 4.78 is 0.678. The maximum absolute atomic E-state index is 11.1. The third kappa shape index (κ3) is 2.11. The third-order valence-corrected chi connectivity index (χ3v) is 2.37. The van der Waals surface area contributed by atoms with Crippen LogP contribution in [0.3, 0.4) is 0 Å². The lowest BCUT2D eigenvalue weighted by Crippen LogP contribution is -2.33. The fourth-order valence-corrected chi connectivity index (χ4v) is 1.53. The van der Waals surface area contributed by atoms with Gasteiger partial charge in [0.25, 0.3) is 0 Å². The Morgan fingerprint density at radius 1 is 1.36 bits per heavy atom. The number of anilines is 1. The minimum absolute atomic E-state index is 0.528. The van der Waals surface area contributed by atoms with Crippen molar-refractivity contribution in [1.82, 2.24) is 0 Å². The molecule has 4 nitrogen and oxygen atoms in total. The fraction of sp³-hybridized carbons (Fsp3) is 0.111. The molecule has 0 atom stereocenters. The van der Waals surface area contributed by atoms with Crippen molar-refractivity contribution in [1.29, 1.82) is 0 Å². The molecule has 0 radical (unpaired) electrons. The summed E-state index contributed by atoms with van der Waals surface area (Å²) >= 11 is 3.23. The number of benzene rings is 1. The molecular formula is C9H8BrNO3. The van der Waals surface area contributed by atoms with E-state index in [0.717, 1.165) is 4.90 Å². The predicted molar refractivity (Wildman–Crippen MR) is 55.2 cm³/mol.